The monoisotopic (exact) mass is 329 g/mol. The van der Waals surface area contributed by atoms with Crippen LogP contribution in [-0.4, -0.2) is 42.7 Å². The third kappa shape index (κ3) is 4.93. The second kappa shape index (κ2) is 7.39. The molecule has 0 radical (unpaired) electrons. The second-order valence-electron chi connectivity index (χ2n) is 5.93. The Morgan fingerprint density at radius 2 is 2.14 bits per heavy atom. The molecule has 22 heavy (non-hydrogen) atoms. The van der Waals surface area contributed by atoms with Gasteiger partial charge in [-0.15, -0.1) is 0 Å². The zero-order valence-corrected chi connectivity index (χ0v) is 13.3. The van der Waals surface area contributed by atoms with Gasteiger partial charge in [-0.05, 0) is 49.2 Å². The molecule has 122 valence electrons. The summed E-state index contributed by atoms with van der Waals surface area (Å²) >= 11 is 0.488. The smallest absolute Gasteiger partial charge is 0.288 e. The molecular weight excluding hydrogens is 308 g/mol. The first-order valence-electron chi connectivity index (χ1n) is 7.17. The number of nitrogens with zero attached hydrogens (tertiary/aromatic N) is 1. The number of carbonyl (C=O) groups excluding carboxylic acids is 1. The Morgan fingerprint density at radius 3 is 2.68 bits per heavy atom. The molecule has 0 saturated carbocycles. The average Bonchev–Trinajstić information content (AvgIpc) is 2.82. The highest BCUT2D eigenvalue weighted by molar-refractivity contribution is 7.99. The van der Waals surface area contributed by atoms with Gasteiger partial charge in [-0.3, -0.25) is 9.69 Å². The number of rotatable bonds is 6. The number of amides is 1. The van der Waals surface area contributed by atoms with Crippen molar-refractivity contribution >= 4 is 23.4 Å². The van der Waals surface area contributed by atoms with E-state index in [0.29, 0.717) is 35.4 Å². The number of carbonyl (C=O) groups is 1. The van der Waals surface area contributed by atoms with Crippen LogP contribution in [0.4, 0.5) is 14.5 Å². The van der Waals surface area contributed by atoms with E-state index in [-0.39, 0.29) is 11.3 Å². The van der Waals surface area contributed by atoms with E-state index in [2.05, 4.69) is 17.1 Å². The molecule has 0 spiro atoms. The minimum Gasteiger partial charge on any atom is -0.330 e. The summed E-state index contributed by atoms with van der Waals surface area (Å²) in [6.07, 6.45) is 0.996. The summed E-state index contributed by atoms with van der Waals surface area (Å²) in [6, 6.07) is 6.43. The molecule has 1 atom stereocenters. The predicted molar refractivity (Wildman–Crippen MR) is 85.2 cm³/mol. The molecule has 1 amide bonds. The van der Waals surface area contributed by atoms with Crippen LogP contribution in [0.3, 0.4) is 0 Å². The highest BCUT2D eigenvalue weighted by Gasteiger charge is 2.33. The van der Waals surface area contributed by atoms with Crippen LogP contribution in [0.5, 0.6) is 0 Å². The van der Waals surface area contributed by atoms with Crippen LogP contribution < -0.4 is 11.1 Å². The molecule has 4 nitrogen and oxygen atoms in total. The van der Waals surface area contributed by atoms with Gasteiger partial charge >= 0.3 is 0 Å². The van der Waals surface area contributed by atoms with Crippen molar-refractivity contribution in [2.45, 2.75) is 24.0 Å². The number of hydrogen-bond donors (Lipinski definition) is 2. The standard InChI is InChI=1S/C15H21F2N3OS/c1-15(9-18)6-7-20(10-15)8-13(21)19-11-2-4-12(5-3-11)22-14(16)17/h2-5,14H,6-10,18H2,1H3,(H,19,21). The van der Waals surface area contributed by atoms with Gasteiger partial charge < -0.3 is 11.1 Å². The first-order valence-corrected chi connectivity index (χ1v) is 8.05. The molecule has 1 unspecified atom stereocenters. The molecule has 1 heterocycles. The molecule has 0 aromatic heterocycles. The molecule has 1 aromatic carbocycles. The second-order valence-corrected chi connectivity index (χ2v) is 6.99. The molecule has 7 heteroatoms. The van der Waals surface area contributed by atoms with Crippen LogP contribution in [0, 0.1) is 5.41 Å². The van der Waals surface area contributed by atoms with Gasteiger partial charge in [-0.1, -0.05) is 18.7 Å². The number of benzene rings is 1. The summed E-state index contributed by atoms with van der Waals surface area (Å²) in [5.41, 5.74) is 6.46. The summed E-state index contributed by atoms with van der Waals surface area (Å²) in [5.74, 6) is -2.54. The molecule has 1 aromatic rings. The van der Waals surface area contributed by atoms with Crippen molar-refractivity contribution in [1.82, 2.24) is 4.90 Å². The fourth-order valence-electron chi connectivity index (χ4n) is 2.55. The van der Waals surface area contributed by atoms with Crippen LogP contribution in [0.2, 0.25) is 0 Å². The van der Waals surface area contributed by atoms with E-state index in [0.717, 1.165) is 19.5 Å². The van der Waals surface area contributed by atoms with Gasteiger partial charge in [0.15, 0.2) is 0 Å². The predicted octanol–water partition coefficient (Wildman–Crippen LogP) is 2.61. The van der Waals surface area contributed by atoms with Crippen LogP contribution in [0.15, 0.2) is 29.2 Å². The summed E-state index contributed by atoms with van der Waals surface area (Å²) in [4.78, 5) is 14.6. The van der Waals surface area contributed by atoms with Gasteiger partial charge in [0.05, 0.1) is 6.54 Å². The van der Waals surface area contributed by atoms with Crippen molar-refractivity contribution in [3.63, 3.8) is 0 Å². The Labute approximate surface area is 133 Å². The zero-order valence-electron chi connectivity index (χ0n) is 12.5. The first kappa shape index (κ1) is 17.2. The molecule has 1 fully saturated rings. The van der Waals surface area contributed by atoms with Crippen molar-refractivity contribution in [2.75, 3.05) is 31.5 Å². The molecule has 3 N–H and O–H groups in total. The molecule has 0 aliphatic carbocycles. The van der Waals surface area contributed by atoms with E-state index in [9.17, 15) is 13.6 Å². The van der Waals surface area contributed by atoms with Crippen LogP contribution in [0.1, 0.15) is 13.3 Å². The maximum absolute atomic E-state index is 12.2. The normalized spacial score (nSPS) is 22.2. The number of halogens is 2. The SMILES string of the molecule is CC1(CN)CCN(CC(=O)Nc2ccc(SC(F)F)cc2)C1. The number of alkyl halides is 2. The van der Waals surface area contributed by atoms with E-state index < -0.39 is 5.76 Å². The average molecular weight is 329 g/mol. The Kier molecular flexibility index (Phi) is 5.77. The highest BCUT2D eigenvalue weighted by atomic mass is 32.2. The van der Waals surface area contributed by atoms with Crippen molar-refractivity contribution in [1.29, 1.82) is 0 Å². The molecule has 1 saturated heterocycles. The molecular formula is C15H21F2N3OS. The van der Waals surface area contributed by atoms with Crippen molar-refractivity contribution in [3.8, 4) is 0 Å². The Bertz CT molecular complexity index is 512. The van der Waals surface area contributed by atoms with E-state index in [4.69, 9.17) is 5.73 Å². The highest BCUT2D eigenvalue weighted by Crippen LogP contribution is 2.28. The zero-order chi connectivity index (χ0) is 16.2. The van der Waals surface area contributed by atoms with Gasteiger partial charge in [0.25, 0.3) is 5.76 Å². The molecule has 0 bridgehead atoms. The number of anilines is 1. The summed E-state index contributed by atoms with van der Waals surface area (Å²) in [6.45, 7) is 4.76. The number of hydrogen-bond acceptors (Lipinski definition) is 4. The van der Waals surface area contributed by atoms with E-state index in [1.807, 2.05) is 0 Å². The van der Waals surface area contributed by atoms with Crippen molar-refractivity contribution < 1.29 is 13.6 Å². The van der Waals surface area contributed by atoms with Gasteiger partial charge in [0.2, 0.25) is 5.91 Å². The van der Waals surface area contributed by atoms with E-state index >= 15 is 0 Å². The van der Waals surface area contributed by atoms with Gasteiger partial charge in [0.1, 0.15) is 0 Å². The first-order chi connectivity index (χ1) is 10.4. The lowest BCUT2D eigenvalue weighted by atomic mass is 9.90. The Balaban J connectivity index is 1.82. The maximum atomic E-state index is 12.2. The third-order valence-corrected chi connectivity index (χ3v) is 4.58. The maximum Gasteiger partial charge on any atom is 0.288 e. The Morgan fingerprint density at radius 1 is 1.45 bits per heavy atom. The lowest BCUT2D eigenvalue weighted by Gasteiger charge is -2.22. The number of nitrogens with one attached hydrogen (secondary N) is 1. The largest absolute Gasteiger partial charge is 0.330 e. The van der Waals surface area contributed by atoms with E-state index in [1.54, 1.807) is 24.3 Å². The molecule has 1 aliphatic heterocycles. The third-order valence-electron chi connectivity index (χ3n) is 3.86. The van der Waals surface area contributed by atoms with Crippen molar-refractivity contribution in [3.05, 3.63) is 24.3 Å². The lowest BCUT2D eigenvalue weighted by Crippen LogP contribution is -2.35. The number of thioether (sulfide) groups is 1. The fraction of sp³-hybridized carbons (Fsp3) is 0.533. The fourth-order valence-corrected chi connectivity index (χ4v) is 3.05. The minimum atomic E-state index is -2.44. The summed E-state index contributed by atoms with van der Waals surface area (Å²) in [7, 11) is 0. The molecule has 2 rings (SSSR count). The van der Waals surface area contributed by atoms with Crippen LogP contribution >= 0.6 is 11.8 Å². The minimum absolute atomic E-state index is 0.0917. The Hall–Kier alpha value is -1.18. The van der Waals surface area contributed by atoms with Crippen LogP contribution in [-0.2, 0) is 4.79 Å². The van der Waals surface area contributed by atoms with Gasteiger partial charge in [0, 0.05) is 17.1 Å². The quantitative estimate of drug-likeness (QED) is 0.788. The topological polar surface area (TPSA) is 58.4 Å². The van der Waals surface area contributed by atoms with Gasteiger partial charge in [-0.25, -0.2) is 0 Å². The summed E-state index contributed by atoms with van der Waals surface area (Å²) < 4.78 is 24.5. The number of nitrogens with two attached hydrogens (primary N) is 1. The van der Waals surface area contributed by atoms with Crippen molar-refractivity contribution in [2.24, 2.45) is 11.1 Å². The summed E-state index contributed by atoms with van der Waals surface area (Å²) in [5, 5.41) is 2.79. The lowest BCUT2D eigenvalue weighted by molar-refractivity contribution is -0.117. The van der Waals surface area contributed by atoms with Gasteiger partial charge in [-0.2, -0.15) is 8.78 Å². The van der Waals surface area contributed by atoms with Crippen LogP contribution in [0.25, 0.3) is 0 Å². The molecule has 1 aliphatic rings. The number of likely N-dealkylation sites (tertiary alicyclic amines) is 1. The van der Waals surface area contributed by atoms with E-state index in [1.165, 1.54) is 0 Å².